The van der Waals surface area contributed by atoms with Gasteiger partial charge in [-0.1, -0.05) is 23.5 Å². The van der Waals surface area contributed by atoms with Gasteiger partial charge in [-0.2, -0.15) is 4.31 Å². The molecule has 0 bridgehead atoms. The molecule has 1 aromatic heterocycles. The molecule has 1 fully saturated rings. The Balaban J connectivity index is 1.44. The second kappa shape index (κ2) is 11.3. The molecule has 0 unspecified atom stereocenters. The Morgan fingerprint density at radius 1 is 1.00 bits per heavy atom. The van der Waals surface area contributed by atoms with Crippen LogP contribution in [0.5, 0.6) is 11.5 Å². The number of fused-ring (bicyclic) bond motifs is 1. The highest BCUT2D eigenvalue weighted by atomic mass is 32.2. The lowest BCUT2D eigenvalue weighted by Gasteiger charge is -2.34. The number of hydrogen-bond acceptors (Lipinski definition) is 8. The van der Waals surface area contributed by atoms with Crippen LogP contribution < -0.4 is 14.4 Å². The van der Waals surface area contributed by atoms with E-state index in [9.17, 15) is 13.2 Å². The molecule has 1 aliphatic rings. The number of benzene rings is 2. The second-order valence-electron chi connectivity index (χ2n) is 8.35. The Kier molecular flexibility index (Phi) is 8.16. The van der Waals surface area contributed by atoms with E-state index < -0.39 is 10.0 Å². The summed E-state index contributed by atoms with van der Waals surface area (Å²) >= 11 is 1.54. The van der Waals surface area contributed by atoms with Crippen LogP contribution in [0.3, 0.4) is 0 Å². The summed E-state index contributed by atoms with van der Waals surface area (Å²) in [6, 6.07) is 9.78. The summed E-state index contributed by atoms with van der Waals surface area (Å²) in [5, 5.41) is 0.850. The van der Waals surface area contributed by atoms with Crippen molar-refractivity contribution < 1.29 is 22.7 Å². The standard InChI is InChI=1S/C26H30N4O5S2/c1-5-13-30(14-6-2)37(32,33)20-9-7-19(8-10-20)25(31)28-15-17-29(18-16-28)26-27-23-21(34-3)11-12-22(35-4)24(23)36-26/h5-12H,1-2,13-18H2,3-4H3. The van der Waals surface area contributed by atoms with Gasteiger partial charge in [-0.05, 0) is 36.4 Å². The van der Waals surface area contributed by atoms with Gasteiger partial charge in [0.1, 0.15) is 21.7 Å². The second-order valence-corrected chi connectivity index (χ2v) is 11.3. The van der Waals surface area contributed by atoms with Crippen molar-refractivity contribution in [2.45, 2.75) is 4.90 Å². The molecule has 11 heteroatoms. The number of carbonyl (C=O) groups is 1. The molecule has 0 atom stereocenters. The van der Waals surface area contributed by atoms with Crippen LogP contribution in [-0.4, -0.2) is 82.0 Å². The fraction of sp³-hybridized carbons (Fsp3) is 0.308. The average molecular weight is 543 g/mol. The summed E-state index contributed by atoms with van der Waals surface area (Å²) in [5.41, 5.74) is 1.20. The third-order valence-electron chi connectivity index (χ3n) is 6.14. The van der Waals surface area contributed by atoms with Gasteiger partial charge < -0.3 is 19.3 Å². The monoisotopic (exact) mass is 542 g/mol. The van der Waals surface area contributed by atoms with E-state index in [-0.39, 0.29) is 23.9 Å². The molecule has 2 heterocycles. The van der Waals surface area contributed by atoms with Crippen molar-refractivity contribution >= 4 is 42.6 Å². The lowest BCUT2D eigenvalue weighted by Crippen LogP contribution is -2.48. The van der Waals surface area contributed by atoms with E-state index in [4.69, 9.17) is 14.5 Å². The molecule has 1 amide bonds. The SMILES string of the molecule is C=CCN(CC=C)S(=O)(=O)c1ccc(C(=O)N2CCN(c3nc4c(OC)ccc(OC)c4s3)CC2)cc1. The quantitative estimate of drug-likeness (QED) is 0.361. The molecule has 4 rings (SSSR count). The Hall–Kier alpha value is -3.41. The number of anilines is 1. The fourth-order valence-electron chi connectivity index (χ4n) is 4.17. The Morgan fingerprint density at radius 2 is 1.59 bits per heavy atom. The number of piperazine rings is 1. The summed E-state index contributed by atoms with van der Waals surface area (Å²) in [7, 11) is -0.470. The highest BCUT2D eigenvalue weighted by Crippen LogP contribution is 2.40. The van der Waals surface area contributed by atoms with E-state index in [0.29, 0.717) is 37.5 Å². The first kappa shape index (κ1) is 26.6. The molecule has 0 aliphatic carbocycles. The van der Waals surface area contributed by atoms with Gasteiger partial charge in [0.2, 0.25) is 10.0 Å². The van der Waals surface area contributed by atoms with Crippen molar-refractivity contribution in [3.8, 4) is 11.5 Å². The first-order chi connectivity index (χ1) is 17.8. The summed E-state index contributed by atoms with van der Waals surface area (Å²) in [6.45, 7) is 9.89. The minimum Gasteiger partial charge on any atom is -0.495 e. The van der Waals surface area contributed by atoms with Gasteiger partial charge >= 0.3 is 0 Å². The maximum Gasteiger partial charge on any atom is 0.253 e. The molecule has 1 saturated heterocycles. The van der Waals surface area contributed by atoms with Crippen molar-refractivity contribution in [1.82, 2.24) is 14.2 Å². The smallest absolute Gasteiger partial charge is 0.253 e. The lowest BCUT2D eigenvalue weighted by molar-refractivity contribution is 0.0746. The minimum atomic E-state index is -3.72. The number of carbonyl (C=O) groups excluding carboxylic acids is 1. The third kappa shape index (κ3) is 5.34. The average Bonchev–Trinajstić information content (AvgIpc) is 3.38. The van der Waals surface area contributed by atoms with Crippen LogP contribution in [0, 0.1) is 0 Å². The maximum atomic E-state index is 13.1. The zero-order valence-electron chi connectivity index (χ0n) is 20.9. The number of nitrogens with zero attached hydrogens (tertiary/aromatic N) is 4. The van der Waals surface area contributed by atoms with Crippen molar-refractivity contribution in [3.05, 3.63) is 67.3 Å². The molecule has 0 N–H and O–H groups in total. The van der Waals surface area contributed by atoms with E-state index >= 15 is 0 Å². The van der Waals surface area contributed by atoms with E-state index in [1.807, 2.05) is 12.1 Å². The van der Waals surface area contributed by atoms with E-state index in [2.05, 4.69) is 18.1 Å². The maximum absolute atomic E-state index is 13.1. The molecular weight excluding hydrogens is 512 g/mol. The molecule has 0 radical (unpaired) electrons. The van der Waals surface area contributed by atoms with Crippen LogP contribution in [0.15, 0.2) is 66.6 Å². The van der Waals surface area contributed by atoms with Gasteiger partial charge in [0.05, 0.1) is 19.1 Å². The van der Waals surface area contributed by atoms with Crippen molar-refractivity contribution in [2.24, 2.45) is 0 Å². The van der Waals surface area contributed by atoms with Gasteiger partial charge in [-0.25, -0.2) is 13.4 Å². The predicted octanol–water partition coefficient (Wildman–Crippen LogP) is 3.64. The summed E-state index contributed by atoms with van der Waals surface area (Å²) < 4.78 is 39.0. The molecule has 196 valence electrons. The zero-order valence-corrected chi connectivity index (χ0v) is 22.6. The van der Waals surface area contributed by atoms with Gasteiger partial charge in [0, 0.05) is 44.8 Å². The molecule has 2 aromatic carbocycles. The third-order valence-corrected chi connectivity index (χ3v) is 9.12. The van der Waals surface area contributed by atoms with Crippen molar-refractivity contribution in [2.75, 3.05) is 58.4 Å². The van der Waals surface area contributed by atoms with Crippen LogP contribution in [0.4, 0.5) is 5.13 Å². The van der Waals surface area contributed by atoms with Crippen LogP contribution in [-0.2, 0) is 10.0 Å². The van der Waals surface area contributed by atoms with E-state index in [1.54, 1.807) is 31.3 Å². The van der Waals surface area contributed by atoms with Gasteiger partial charge in [-0.3, -0.25) is 4.79 Å². The molecule has 3 aromatic rings. The molecule has 9 nitrogen and oxygen atoms in total. The van der Waals surface area contributed by atoms with Gasteiger partial charge in [0.15, 0.2) is 5.13 Å². The van der Waals surface area contributed by atoms with Crippen molar-refractivity contribution in [3.63, 3.8) is 0 Å². The number of methoxy groups -OCH3 is 2. The number of amides is 1. The number of sulfonamides is 1. The molecule has 1 aliphatic heterocycles. The molecule has 37 heavy (non-hydrogen) atoms. The van der Waals surface area contributed by atoms with E-state index in [0.717, 1.165) is 21.1 Å². The summed E-state index contributed by atoms with van der Waals surface area (Å²) in [4.78, 5) is 22.0. The first-order valence-corrected chi connectivity index (χ1v) is 14.0. The van der Waals surface area contributed by atoms with E-state index in [1.165, 1.54) is 39.9 Å². The number of thiazole rings is 1. The number of aromatic nitrogens is 1. The van der Waals surface area contributed by atoms with Crippen molar-refractivity contribution in [1.29, 1.82) is 0 Å². The van der Waals surface area contributed by atoms with Crippen LogP contribution in [0.25, 0.3) is 10.2 Å². The molecule has 0 saturated carbocycles. The lowest BCUT2D eigenvalue weighted by atomic mass is 10.2. The molecular formula is C26H30N4O5S2. The summed E-state index contributed by atoms with van der Waals surface area (Å²) in [6.07, 6.45) is 3.06. The predicted molar refractivity (Wildman–Crippen MR) is 146 cm³/mol. The Labute approximate surface area is 221 Å². The number of ether oxygens (including phenoxy) is 2. The minimum absolute atomic E-state index is 0.124. The Bertz CT molecular complexity index is 1340. The fourth-order valence-corrected chi connectivity index (χ4v) is 6.68. The zero-order chi connectivity index (χ0) is 26.6. The van der Waals surface area contributed by atoms with Gasteiger partial charge in [-0.15, -0.1) is 13.2 Å². The normalized spacial score (nSPS) is 14.1. The number of rotatable bonds is 10. The first-order valence-electron chi connectivity index (χ1n) is 11.7. The van der Waals surface area contributed by atoms with Crippen LogP contribution >= 0.6 is 11.3 Å². The highest BCUT2D eigenvalue weighted by molar-refractivity contribution is 7.89. The Morgan fingerprint density at radius 3 is 2.16 bits per heavy atom. The van der Waals surface area contributed by atoms with Crippen LogP contribution in [0.1, 0.15) is 10.4 Å². The molecule has 0 spiro atoms. The number of hydrogen-bond donors (Lipinski definition) is 0. The van der Waals surface area contributed by atoms with Crippen LogP contribution in [0.2, 0.25) is 0 Å². The summed E-state index contributed by atoms with van der Waals surface area (Å²) in [5.74, 6) is 1.30. The topological polar surface area (TPSA) is 92.3 Å². The van der Waals surface area contributed by atoms with Gasteiger partial charge in [0.25, 0.3) is 5.91 Å². The highest BCUT2D eigenvalue weighted by Gasteiger charge is 2.27. The largest absolute Gasteiger partial charge is 0.495 e.